The van der Waals surface area contributed by atoms with Gasteiger partial charge in [-0.2, -0.15) is 0 Å². The highest BCUT2D eigenvalue weighted by atomic mass is 19.1. The summed E-state index contributed by atoms with van der Waals surface area (Å²) in [7, 11) is 1.54. The van der Waals surface area contributed by atoms with Gasteiger partial charge in [0.25, 0.3) is 0 Å². The van der Waals surface area contributed by atoms with Crippen LogP contribution in [-0.2, 0) is 14.3 Å². The van der Waals surface area contributed by atoms with Gasteiger partial charge in [-0.25, -0.2) is 8.78 Å². The maximum atomic E-state index is 15.8. The zero-order valence-corrected chi connectivity index (χ0v) is 27.1. The van der Waals surface area contributed by atoms with E-state index in [1.54, 1.807) is 38.2 Å². The zero-order chi connectivity index (χ0) is 34.0. The topological polar surface area (TPSA) is 116 Å². The molecule has 2 N–H and O–H groups in total. The highest BCUT2D eigenvalue weighted by Gasteiger charge is 2.70. The van der Waals surface area contributed by atoms with Crippen molar-refractivity contribution in [3.05, 3.63) is 78.5 Å². The average Bonchev–Trinajstić information content (AvgIpc) is 3.65. The number of nitrogens with two attached hydrogens (primary N) is 1. The number of nitrogens with zero attached hydrogens (tertiary/aromatic N) is 3. The van der Waals surface area contributed by atoms with E-state index in [2.05, 4.69) is 9.88 Å². The molecule has 1 aliphatic heterocycles. The van der Waals surface area contributed by atoms with Gasteiger partial charge in [0.15, 0.2) is 23.1 Å². The molecule has 252 valence electrons. The summed E-state index contributed by atoms with van der Waals surface area (Å²) in [6.07, 6.45) is 2.38. The van der Waals surface area contributed by atoms with Crippen molar-refractivity contribution in [3.63, 3.8) is 0 Å². The SMILES string of the molecule is COc1cc2c(Oc3ccc(N(C(=O)C4(C(N)=O)[C@H](C)[C@H]4C)c4ccc(F)cc4)cc3F)ccnc2cc1OCCCN1CCOCC1. The molecule has 0 spiro atoms. The molecule has 0 bridgehead atoms. The van der Waals surface area contributed by atoms with Crippen LogP contribution in [0.15, 0.2) is 66.9 Å². The lowest BCUT2D eigenvalue weighted by Gasteiger charge is -2.27. The third kappa shape index (κ3) is 6.25. The first-order valence-electron chi connectivity index (χ1n) is 15.9. The molecule has 4 aromatic rings. The van der Waals surface area contributed by atoms with E-state index in [1.165, 1.54) is 48.4 Å². The van der Waals surface area contributed by atoms with Crippen LogP contribution < -0.4 is 24.8 Å². The number of fused-ring (bicyclic) bond motifs is 1. The van der Waals surface area contributed by atoms with E-state index < -0.39 is 28.9 Å². The summed E-state index contributed by atoms with van der Waals surface area (Å²) in [6, 6.07) is 14.3. The Morgan fingerprint density at radius 3 is 2.31 bits per heavy atom. The van der Waals surface area contributed by atoms with Crippen LogP contribution in [0.3, 0.4) is 0 Å². The van der Waals surface area contributed by atoms with Gasteiger partial charge in [-0.15, -0.1) is 0 Å². The van der Waals surface area contributed by atoms with Crippen LogP contribution in [0.5, 0.6) is 23.0 Å². The predicted octanol–water partition coefficient (Wildman–Crippen LogP) is 5.84. The number of halogens is 2. The Labute approximate surface area is 277 Å². The smallest absolute Gasteiger partial charge is 0.247 e. The van der Waals surface area contributed by atoms with Crippen molar-refractivity contribution in [2.45, 2.75) is 20.3 Å². The lowest BCUT2D eigenvalue weighted by atomic mass is 9.98. The van der Waals surface area contributed by atoms with Crippen LogP contribution in [0.1, 0.15) is 20.3 Å². The Morgan fingerprint density at radius 1 is 0.958 bits per heavy atom. The summed E-state index contributed by atoms with van der Waals surface area (Å²) in [5.74, 6) is -2.08. The second-order valence-corrected chi connectivity index (χ2v) is 12.1. The zero-order valence-electron chi connectivity index (χ0n) is 27.1. The van der Waals surface area contributed by atoms with Gasteiger partial charge in [0.1, 0.15) is 17.0 Å². The lowest BCUT2D eigenvalue weighted by molar-refractivity contribution is -0.134. The molecule has 2 atom stereocenters. The second-order valence-electron chi connectivity index (χ2n) is 12.1. The summed E-state index contributed by atoms with van der Waals surface area (Å²) in [4.78, 5) is 34.6. The number of amides is 2. The van der Waals surface area contributed by atoms with Crippen molar-refractivity contribution in [1.29, 1.82) is 0 Å². The fourth-order valence-corrected chi connectivity index (χ4v) is 6.49. The van der Waals surface area contributed by atoms with Crippen LogP contribution in [0.2, 0.25) is 0 Å². The van der Waals surface area contributed by atoms with Crippen LogP contribution in [-0.4, -0.2) is 68.3 Å². The van der Waals surface area contributed by atoms with Crippen LogP contribution >= 0.6 is 0 Å². The maximum absolute atomic E-state index is 15.8. The molecule has 1 saturated carbocycles. The van der Waals surface area contributed by atoms with Gasteiger partial charge < -0.3 is 24.7 Å². The second kappa shape index (κ2) is 13.7. The van der Waals surface area contributed by atoms with Gasteiger partial charge in [-0.05, 0) is 66.8 Å². The number of methoxy groups -OCH3 is 1. The first kappa shape index (κ1) is 33.1. The summed E-state index contributed by atoms with van der Waals surface area (Å²) < 4.78 is 52.7. The Morgan fingerprint density at radius 2 is 1.67 bits per heavy atom. The standard InChI is InChI=1S/C36H38F2N4O6/c1-22-23(2)36(22,34(39)43)35(44)42(25-7-5-24(37)6-8-25)26-9-10-31(28(38)19-26)48-30-11-12-40-29-21-33(32(45-3)20-27(29)30)47-16-4-13-41-14-17-46-18-15-41/h5-12,19-23H,4,13-18H2,1-3H3,(H2,39,43)/t22-,23-/m1/s1. The Kier molecular flexibility index (Phi) is 9.47. The number of hydrogen-bond acceptors (Lipinski definition) is 8. The van der Waals surface area contributed by atoms with E-state index in [0.29, 0.717) is 34.8 Å². The maximum Gasteiger partial charge on any atom is 0.247 e. The number of primary amides is 1. The number of benzene rings is 3. The molecule has 3 aromatic carbocycles. The van der Waals surface area contributed by atoms with E-state index in [-0.39, 0.29) is 29.0 Å². The number of hydrogen-bond donors (Lipinski definition) is 1. The summed E-state index contributed by atoms with van der Waals surface area (Å²) in [6.45, 7) is 8.24. The molecular weight excluding hydrogens is 622 g/mol. The van der Waals surface area contributed by atoms with Crippen LogP contribution in [0, 0.1) is 28.9 Å². The highest BCUT2D eigenvalue weighted by Crippen LogP contribution is 2.60. The van der Waals surface area contributed by atoms with Gasteiger partial charge in [0.2, 0.25) is 11.8 Å². The van der Waals surface area contributed by atoms with Crippen molar-refractivity contribution < 1.29 is 37.3 Å². The van der Waals surface area contributed by atoms with Crippen LogP contribution in [0.25, 0.3) is 10.9 Å². The van der Waals surface area contributed by atoms with Gasteiger partial charge in [-0.1, -0.05) is 13.8 Å². The minimum atomic E-state index is -1.47. The molecule has 2 aliphatic rings. The molecular formula is C36H38F2N4O6. The lowest BCUT2D eigenvalue weighted by Crippen LogP contribution is -2.43. The fourth-order valence-electron chi connectivity index (χ4n) is 6.49. The minimum absolute atomic E-state index is 0.113. The van der Waals surface area contributed by atoms with Crippen molar-refractivity contribution in [2.24, 2.45) is 23.0 Å². The number of anilines is 2. The van der Waals surface area contributed by atoms with E-state index >= 15 is 4.39 Å². The molecule has 1 saturated heterocycles. The fraction of sp³-hybridized carbons (Fsp3) is 0.361. The van der Waals surface area contributed by atoms with Crippen molar-refractivity contribution in [1.82, 2.24) is 9.88 Å². The summed E-state index contributed by atoms with van der Waals surface area (Å²) in [5, 5.41) is 0.571. The number of ether oxygens (including phenoxy) is 4. The van der Waals surface area contributed by atoms with Gasteiger partial charge in [-0.3, -0.25) is 24.4 Å². The first-order chi connectivity index (χ1) is 23.1. The highest BCUT2D eigenvalue weighted by molar-refractivity contribution is 6.17. The van der Waals surface area contributed by atoms with Crippen molar-refractivity contribution in [2.75, 3.05) is 51.5 Å². The van der Waals surface area contributed by atoms with Crippen molar-refractivity contribution >= 4 is 34.1 Å². The molecule has 1 aromatic heterocycles. The largest absolute Gasteiger partial charge is 0.493 e. The third-order valence-electron chi connectivity index (χ3n) is 9.49. The van der Waals surface area contributed by atoms with Crippen molar-refractivity contribution in [3.8, 4) is 23.0 Å². The van der Waals surface area contributed by atoms with E-state index in [4.69, 9.17) is 24.7 Å². The number of aromatic nitrogens is 1. The number of carbonyl (C=O) groups is 2. The summed E-state index contributed by atoms with van der Waals surface area (Å²) in [5.41, 5.74) is 5.21. The normalized spacial score (nSPS) is 20.7. The monoisotopic (exact) mass is 660 g/mol. The molecule has 0 unspecified atom stereocenters. The average molecular weight is 661 g/mol. The Balaban J connectivity index is 1.25. The Hall–Kier alpha value is -4.81. The van der Waals surface area contributed by atoms with Crippen LogP contribution in [0.4, 0.5) is 20.2 Å². The van der Waals surface area contributed by atoms with Gasteiger partial charge in [0.05, 0.1) is 38.1 Å². The molecule has 12 heteroatoms. The predicted molar refractivity (Wildman–Crippen MR) is 176 cm³/mol. The van der Waals surface area contributed by atoms with E-state index in [9.17, 15) is 14.0 Å². The Bertz CT molecular complexity index is 1810. The number of carbonyl (C=O) groups excluding carboxylic acids is 2. The summed E-state index contributed by atoms with van der Waals surface area (Å²) >= 11 is 0. The number of rotatable bonds is 12. The molecule has 1 aliphatic carbocycles. The number of pyridine rings is 1. The molecule has 2 heterocycles. The number of morpholine rings is 1. The minimum Gasteiger partial charge on any atom is -0.493 e. The molecule has 2 amide bonds. The van der Waals surface area contributed by atoms with E-state index in [0.717, 1.165) is 45.3 Å². The molecule has 0 radical (unpaired) electrons. The molecule has 10 nitrogen and oxygen atoms in total. The molecule has 2 fully saturated rings. The first-order valence-corrected chi connectivity index (χ1v) is 15.9. The third-order valence-corrected chi connectivity index (χ3v) is 9.49. The van der Waals surface area contributed by atoms with Gasteiger partial charge >= 0.3 is 0 Å². The quantitative estimate of drug-likeness (QED) is 0.149. The van der Waals surface area contributed by atoms with Gasteiger partial charge in [0, 0.05) is 49.0 Å². The van der Waals surface area contributed by atoms with E-state index in [1.807, 2.05) is 0 Å². The molecule has 6 rings (SSSR count). The molecule has 48 heavy (non-hydrogen) atoms.